The SMILES string of the molecule is Cc1ccc(NC(=O)CS(=O)CC(=O)N(c2cccc(C)c2C)C(C)C(=O)NC(C)(C)C)cc1. The minimum Gasteiger partial charge on any atom is -0.350 e. The molecule has 2 aromatic rings. The quantitative estimate of drug-likeness (QED) is 0.597. The predicted octanol–water partition coefficient (Wildman–Crippen LogP) is 3.64. The summed E-state index contributed by atoms with van der Waals surface area (Å²) >= 11 is 0. The maximum absolute atomic E-state index is 13.3. The molecule has 8 heteroatoms. The third-order valence-electron chi connectivity index (χ3n) is 5.28. The van der Waals surface area contributed by atoms with Crippen molar-refractivity contribution in [1.82, 2.24) is 5.32 Å². The van der Waals surface area contributed by atoms with Gasteiger partial charge in [0, 0.05) is 27.7 Å². The maximum Gasteiger partial charge on any atom is 0.243 e. The number of carbonyl (C=O) groups excluding carboxylic acids is 3. The van der Waals surface area contributed by atoms with Gasteiger partial charge in [0.15, 0.2) is 0 Å². The van der Waals surface area contributed by atoms with Gasteiger partial charge in [0.05, 0.1) is 0 Å². The zero-order valence-corrected chi connectivity index (χ0v) is 21.8. The van der Waals surface area contributed by atoms with Gasteiger partial charge in [0.25, 0.3) is 0 Å². The highest BCUT2D eigenvalue weighted by atomic mass is 32.2. The molecule has 0 radical (unpaired) electrons. The molecule has 2 rings (SSSR count). The summed E-state index contributed by atoms with van der Waals surface area (Å²) < 4.78 is 12.7. The van der Waals surface area contributed by atoms with Crippen molar-refractivity contribution in [2.24, 2.45) is 0 Å². The molecule has 0 aliphatic carbocycles. The van der Waals surface area contributed by atoms with Gasteiger partial charge in [-0.15, -0.1) is 0 Å². The highest BCUT2D eigenvalue weighted by Crippen LogP contribution is 2.25. The van der Waals surface area contributed by atoms with Crippen molar-refractivity contribution >= 4 is 39.9 Å². The Morgan fingerprint density at radius 2 is 1.59 bits per heavy atom. The molecule has 0 saturated carbocycles. The van der Waals surface area contributed by atoms with Crippen molar-refractivity contribution in [3.8, 4) is 0 Å². The van der Waals surface area contributed by atoms with Gasteiger partial charge in [0.2, 0.25) is 17.7 Å². The summed E-state index contributed by atoms with van der Waals surface area (Å²) in [6, 6.07) is 11.9. The van der Waals surface area contributed by atoms with Crippen LogP contribution in [0.5, 0.6) is 0 Å². The van der Waals surface area contributed by atoms with Crippen LogP contribution in [0.4, 0.5) is 11.4 Å². The summed E-state index contributed by atoms with van der Waals surface area (Å²) in [5.41, 5.74) is 3.60. The standard InChI is InChI=1S/C26H35N3O4S/c1-17-11-13-21(14-12-17)27-23(30)15-34(33)16-24(31)29(20(4)25(32)28-26(5,6)7)22-10-8-9-18(2)19(22)3/h8-14,20H,15-16H2,1-7H3,(H,27,30)(H,28,32). The van der Waals surface area contributed by atoms with Crippen LogP contribution in [0.3, 0.4) is 0 Å². The maximum atomic E-state index is 13.3. The van der Waals surface area contributed by atoms with Crippen molar-refractivity contribution in [1.29, 1.82) is 0 Å². The topological polar surface area (TPSA) is 95.6 Å². The second-order valence-corrected chi connectivity index (χ2v) is 11.0. The van der Waals surface area contributed by atoms with Crippen molar-refractivity contribution < 1.29 is 18.6 Å². The highest BCUT2D eigenvalue weighted by molar-refractivity contribution is 7.86. The zero-order valence-electron chi connectivity index (χ0n) is 21.0. The van der Waals surface area contributed by atoms with Crippen LogP contribution in [0, 0.1) is 20.8 Å². The summed E-state index contributed by atoms with van der Waals surface area (Å²) in [6.45, 7) is 13.0. The van der Waals surface area contributed by atoms with E-state index in [4.69, 9.17) is 0 Å². The number of nitrogens with zero attached hydrogens (tertiary/aromatic N) is 1. The molecule has 184 valence electrons. The fourth-order valence-corrected chi connectivity index (χ4v) is 4.27. The average Bonchev–Trinajstić information content (AvgIpc) is 2.71. The van der Waals surface area contributed by atoms with Gasteiger partial charge >= 0.3 is 0 Å². The van der Waals surface area contributed by atoms with E-state index < -0.39 is 34.2 Å². The van der Waals surface area contributed by atoms with Crippen molar-refractivity contribution in [3.63, 3.8) is 0 Å². The number of benzene rings is 2. The summed E-state index contributed by atoms with van der Waals surface area (Å²) in [5, 5.41) is 5.60. The molecule has 0 aliphatic heterocycles. The van der Waals surface area contributed by atoms with Gasteiger partial charge in [-0.25, -0.2) is 0 Å². The number of amides is 3. The van der Waals surface area contributed by atoms with E-state index in [2.05, 4.69) is 10.6 Å². The first-order valence-corrected chi connectivity index (χ1v) is 12.7. The molecular formula is C26H35N3O4S. The van der Waals surface area contributed by atoms with Crippen LogP contribution in [-0.2, 0) is 25.2 Å². The predicted molar refractivity (Wildman–Crippen MR) is 138 cm³/mol. The third-order valence-corrected chi connectivity index (χ3v) is 6.43. The van der Waals surface area contributed by atoms with Crippen molar-refractivity contribution in [2.45, 2.75) is 60.0 Å². The molecule has 2 unspecified atom stereocenters. The Morgan fingerprint density at radius 1 is 0.971 bits per heavy atom. The van der Waals surface area contributed by atoms with E-state index in [0.29, 0.717) is 11.4 Å². The normalized spacial score (nSPS) is 13.0. The number of hydrogen-bond donors (Lipinski definition) is 2. The van der Waals surface area contributed by atoms with Gasteiger partial charge in [-0.05, 0) is 77.8 Å². The third kappa shape index (κ3) is 7.80. The smallest absolute Gasteiger partial charge is 0.243 e. The van der Waals surface area contributed by atoms with Gasteiger partial charge in [-0.1, -0.05) is 29.8 Å². The summed E-state index contributed by atoms with van der Waals surface area (Å²) in [4.78, 5) is 40.0. The molecule has 2 atom stereocenters. The Balaban J connectivity index is 2.19. The largest absolute Gasteiger partial charge is 0.350 e. The average molecular weight is 486 g/mol. The molecule has 0 aromatic heterocycles. The molecule has 0 bridgehead atoms. The van der Waals surface area contributed by atoms with Gasteiger partial charge in [-0.3, -0.25) is 23.5 Å². The first kappa shape index (κ1) is 27.2. The molecule has 2 aromatic carbocycles. The number of hydrogen-bond acceptors (Lipinski definition) is 4. The van der Waals surface area contributed by atoms with Crippen LogP contribution in [0.15, 0.2) is 42.5 Å². The Morgan fingerprint density at radius 3 is 2.18 bits per heavy atom. The van der Waals surface area contributed by atoms with Gasteiger partial charge < -0.3 is 10.6 Å². The Kier molecular flexibility index (Phi) is 9.15. The highest BCUT2D eigenvalue weighted by Gasteiger charge is 2.31. The lowest BCUT2D eigenvalue weighted by Gasteiger charge is -2.32. The van der Waals surface area contributed by atoms with E-state index in [1.54, 1.807) is 25.1 Å². The van der Waals surface area contributed by atoms with Crippen LogP contribution in [0.1, 0.15) is 44.4 Å². The summed E-state index contributed by atoms with van der Waals surface area (Å²) in [5.74, 6) is -1.92. The van der Waals surface area contributed by atoms with E-state index >= 15 is 0 Å². The fourth-order valence-electron chi connectivity index (χ4n) is 3.39. The van der Waals surface area contributed by atoms with Crippen LogP contribution in [-0.4, -0.2) is 45.0 Å². The summed E-state index contributed by atoms with van der Waals surface area (Å²) in [6.07, 6.45) is 0. The lowest BCUT2D eigenvalue weighted by Crippen LogP contribution is -2.54. The minimum absolute atomic E-state index is 0.315. The Hall–Kier alpha value is -3.00. The van der Waals surface area contributed by atoms with E-state index in [-0.39, 0.29) is 17.4 Å². The summed E-state index contributed by atoms with van der Waals surface area (Å²) in [7, 11) is -1.75. The molecule has 2 N–H and O–H groups in total. The van der Waals surface area contributed by atoms with Gasteiger partial charge in [0.1, 0.15) is 17.5 Å². The second kappa shape index (κ2) is 11.4. The lowest BCUT2D eigenvalue weighted by atomic mass is 10.0. The molecule has 7 nitrogen and oxygen atoms in total. The number of carbonyl (C=O) groups is 3. The second-order valence-electron chi connectivity index (χ2n) is 9.54. The Bertz CT molecular complexity index is 1070. The van der Waals surface area contributed by atoms with Crippen molar-refractivity contribution in [2.75, 3.05) is 21.7 Å². The van der Waals surface area contributed by atoms with Crippen LogP contribution >= 0.6 is 0 Å². The first-order valence-electron chi connectivity index (χ1n) is 11.2. The molecule has 0 saturated heterocycles. The molecule has 34 heavy (non-hydrogen) atoms. The van der Waals surface area contributed by atoms with E-state index in [1.807, 2.05) is 65.8 Å². The van der Waals surface area contributed by atoms with E-state index in [0.717, 1.165) is 16.7 Å². The molecule has 0 spiro atoms. The fraction of sp³-hybridized carbons (Fsp3) is 0.423. The van der Waals surface area contributed by atoms with E-state index in [9.17, 15) is 18.6 Å². The van der Waals surface area contributed by atoms with Gasteiger partial charge in [-0.2, -0.15) is 0 Å². The zero-order chi connectivity index (χ0) is 25.6. The molecule has 3 amide bonds. The lowest BCUT2D eigenvalue weighted by molar-refractivity contribution is -0.126. The van der Waals surface area contributed by atoms with E-state index in [1.165, 1.54) is 4.90 Å². The monoisotopic (exact) mass is 485 g/mol. The number of nitrogens with one attached hydrogen (secondary N) is 2. The van der Waals surface area contributed by atoms with Crippen molar-refractivity contribution in [3.05, 3.63) is 59.2 Å². The molecular weight excluding hydrogens is 450 g/mol. The minimum atomic E-state index is -1.75. The first-order chi connectivity index (χ1) is 15.8. The van der Waals surface area contributed by atoms with Crippen LogP contribution in [0.2, 0.25) is 0 Å². The number of anilines is 2. The van der Waals surface area contributed by atoms with Crippen LogP contribution in [0.25, 0.3) is 0 Å². The molecule has 0 aliphatic rings. The van der Waals surface area contributed by atoms with Crippen LogP contribution < -0.4 is 15.5 Å². The Labute approximate surface area is 204 Å². The molecule has 0 heterocycles. The number of rotatable bonds is 8. The molecule has 0 fully saturated rings. The number of aryl methyl sites for hydroxylation is 2.